The molecular formula is C28H31Cl3N2O2. The van der Waals surface area contributed by atoms with Gasteiger partial charge in [0.15, 0.2) is 5.78 Å². The monoisotopic (exact) mass is 532 g/mol. The molecule has 186 valence electrons. The maximum Gasteiger partial charge on any atom is 0.168 e. The van der Waals surface area contributed by atoms with E-state index in [9.17, 15) is 4.79 Å². The minimum Gasteiger partial charge on any atom is -0.371 e. The number of benzene rings is 3. The predicted octanol–water partition coefficient (Wildman–Crippen LogP) is 6.19. The fourth-order valence-corrected chi connectivity index (χ4v) is 4.82. The van der Waals surface area contributed by atoms with E-state index in [1.807, 2.05) is 67.6 Å². The molecule has 0 bridgehead atoms. The van der Waals surface area contributed by atoms with E-state index in [0.29, 0.717) is 23.2 Å². The molecular weight excluding hydrogens is 503 g/mol. The Bertz CT molecular complexity index is 1080. The van der Waals surface area contributed by atoms with Gasteiger partial charge in [0.2, 0.25) is 0 Å². The molecule has 1 aliphatic rings. The van der Waals surface area contributed by atoms with Crippen molar-refractivity contribution < 1.29 is 9.53 Å². The van der Waals surface area contributed by atoms with Gasteiger partial charge in [0.1, 0.15) is 0 Å². The zero-order valence-electron chi connectivity index (χ0n) is 19.6. The van der Waals surface area contributed by atoms with E-state index in [2.05, 4.69) is 22.8 Å². The fourth-order valence-electron chi connectivity index (χ4n) is 4.50. The van der Waals surface area contributed by atoms with Crippen molar-refractivity contribution in [3.05, 3.63) is 106 Å². The van der Waals surface area contributed by atoms with Crippen LogP contribution in [0.3, 0.4) is 0 Å². The van der Waals surface area contributed by atoms with E-state index in [0.717, 1.165) is 24.1 Å². The Labute approximate surface area is 223 Å². The molecule has 3 aromatic carbocycles. The van der Waals surface area contributed by atoms with Crippen molar-refractivity contribution >= 4 is 41.4 Å². The van der Waals surface area contributed by atoms with Crippen LogP contribution in [0.4, 0.5) is 0 Å². The summed E-state index contributed by atoms with van der Waals surface area (Å²) in [6.07, 6.45) is 0.649. The molecule has 1 fully saturated rings. The maximum atomic E-state index is 13.6. The molecule has 7 heteroatoms. The molecule has 35 heavy (non-hydrogen) atoms. The molecule has 4 unspecified atom stereocenters. The summed E-state index contributed by atoms with van der Waals surface area (Å²) in [6, 6.07) is 25.2. The number of nitrogens with one attached hydrogen (secondary N) is 2. The highest BCUT2D eigenvalue weighted by molar-refractivity contribution is 6.42. The van der Waals surface area contributed by atoms with Crippen molar-refractivity contribution in [1.29, 1.82) is 0 Å². The van der Waals surface area contributed by atoms with Gasteiger partial charge in [-0.15, -0.1) is 12.4 Å². The molecule has 1 aliphatic heterocycles. The number of halogens is 3. The lowest BCUT2D eigenvalue weighted by Crippen LogP contribution is -2.58. The Morgan fingerprint density at radius 3 is 2.37 bits per heavy atom. The third-order valence-electron chi connectivity index (χ3n) is 6.39. The van der Waals surface area contributed by atoms with E-state index in [1.165, 1.54) is 5.56 Å². The standard InChI is InChI=1S/C28H30Cl2N2O2.ClH/c1-19(32-17-21-12-13-24(29)25(30)16-21)27(33)26-28(34-18-20-8-4-2-5-9-20)23(14-15-31-26)22-10-6-3-7-11-22;/h2-13,16,19,23,26,28,31-32H,14-15,17-18H2,1H3;1H. The Hall–Kier alpha value is -1.92. The van der Waals surface area contributed by atoms with Crippen LogP contribution in [-0.4, -0.2) is 30.5 Å². The van der Waals surface area contributed by atoms with Crippen molar-refractivity contribution in [2.75, 3.05) is 6.54 Å². The number of Topliss-reactive ketones (excluding diaryl/α,β-unsaturated/α-hetero) is 1. The second-order valence-corrected chi connectivity index (χ2v) is 9.57. The molecule has 0 spiro atoms. The lowest BCUT2D eigenvalue weighted by Gasteiger charge is -2.39. The van der Waals surface area contributed by atoms with E-state index in [1.54, 1.807) is 6.07 Å². The maximum absolute atomic E-state index is 13.6. The second kappa shape index (κ2) is 13.4. The molecule has 1 heterocycles. The number of ketones is 1. The SMILES string of the molecule is CC(NCc1ccc(Cl)c(Cl)c1)C(=O)C1NCCC(c2ccccc2)C1OCc1ccccc1.Cl. The van der Waals surface area contributed by atoms with Gasteiger partial charge in [0.05, 0.1) is 34.8 Å². The molecule has 4 rings (SSSR count). The first-order valence-corrected chi connectivity index (χ1v) is 12.4. The van der Waals surface area contributed by atoms with E-state index in [4.69, 9.17) is 27.9 Å². The highest BCUT2D eigenvalue weighted by atomic mass is 35.5. The molecule has 4 nitrogen and oxygen atoms in total. The normalized spacial score (nSPS) is 20.6. The minimum atomic E-state index is -0.404. The van der Waals surface area contributed by atoms with Gasteiger partial charge in [-0.2, -0.15) is 0 Å². The van der Waals surface area contributed by atoms with Gasteiger partial charge in [-0.05, 0) is 48.7 Å². The molecule has 2 N–H and O–H groups in total. The Morgan fingerprint density at radius 2 is 1.69 bits per heavy atom. The van der Waals surface area contributed by atoms with Crippen molar-refractivity contribution in [2.45, 2.75) is 50.6 Å². The Balaban J connectivity index is 0.00000342. The summed E-state index contributed by atoms with van der Waals surface area (Å²) in [5.41, 5.74) is 3.28. The summed E-state index contributed by atoms with van der Waals surface area (Å²) in [5, 5.41) is 7.82. The van der Waals surface area contributed by atoms with Crippen LogP contribution in [0.25, 0.3) is 0 Å². The van der Waals surface area contributed by atoms with Gasteiger partial charge in [-0.25, -0.2) is 0 Å². The largest absolute Gasteiger partial charge is 0.371 e. The van der Waals surface area contributed by atoms with Gasteiger partial charge < -0.3 is 15.4 Å². The van der Waals surface area contributed by atoms with Crippen LogP contribution in [0, 0.1) is 0 Å². The summed E-state index contributed by atoms with van der Waals surface area (Å²) >= 11 is 12.2. The zero-order chi connectivity index (χ0) is 23.9. The van der Waals surface area contributed by atoms with Crippen LogP contribution in [0.5, 0.6) is 0 Å². The van der Waals surface area contributed by atoms with Crippen LogP contribution in [0.1, 0.15) is 36.0 Å². The van der Waals surface area contributed by atoms with Crippen molar-refractivity contribution in [2.24, 2.45) is 0 Å². The first-order chi connectivity index (χ1) is 16.5. The van der Waals surface area contributed by atoms with Crippen LogP contribution >= 0.6 is 35.6 Å². The van der Waals surface area contributed by atoms with Crippen molar-refractivity contribution in [3.8, 4) is 0 Å². The first-order valence-electron chi connectivity index (χ1n) is 11.7. The van der Waals surface area contributed by atoms with Gasteiger partial charge in [0, 0.05) is 12.5 Å². The smallest absolute Gasteiger partial charge is 0.168 e. The third-order valence-corrected chi connectivity index (χ3v) is 7.13. The van der Waals surface area contributed by atoms with Crippen molar-refractivity contribution in [3.63, 3.8) is 0 Å². The topological polar surface area (TPSA) is 50.4 Å². The molecule has 4 atom stereocenters. The van der Waals surface area contributed by atoms with Gasteiger partial charge in [0.25, 0.3) is 0 Å². The quantitative estimate of drug-likeness (QED) is 0.344. The van der Waals surface area contributed by atoms with E-state index in [-0.39, 0.29) is 36.3 Å². The molecule has 0 saturated carbocycles. The second-order valence-electron chi connectivity index (χ2n) is 8.75. The third kappa shape index (κ3) is 7.29. The number of hydrogen-bond acceptors (Lipinski definition) is 4. The lowest BCUT2D eigenvalue weighted by atomic mass is 9.81. The summed E-state index contributed by atoms with van der Waals surface area (Å²) < 4.78 is 6.47. The van der Waals surface area contributed by atoms with Crippen LogP contribution in [0.2, 0.25) is 10.0 Å². The van der Waals surface area contributed by atoms with Crippen LogP contribution in [-0.2, 0) is 22.7 Å². The summed E-state index contributed by atoms with van der Waals surface area (Å²) in [6.45, 7) is 3.65. The van der Waals surface area contributed by atoms with Crippen LogP contribution < -0.4 is 10.6 Å². The molecule has 0 radical (unpaired) electrons. The number of rotatable bonds is 9. The molecule has 1 saturated heterocycles. The highest BCUT2D eigenvalue weighted by Crippen LogP contribution is 2.32. The molecule has 0 aromatic heterocycles. The number of piperidine rings is 1. The minimum absolute atomic E-state index is 0. The van der Waals surface area contributed by atoms with E-state index >= 15 is 0 Å². The van der Waals surface area contributed by atoms with Crippen molar-refractivity contribution in [1.82, 2.24) is 10.6 Å². The average molecular weight is 534 g/mol. The number of carbonyl (C=O) groups is 1. The zero-order valence-corrected chi connectivity index (χ0v) is 22.0. The Kier molecular flexibility index (Phi) is 10.6. The highest BCUT2D eigenvalue weighted by Gasteiger charge is 2.40. The van der Waals surface area contributed by atoms with E-state index < -0.39 is 6.04 Å². The fraction of sp³-hybridized carbons (Fsp3) is 0.321. The van der Waals surface area contributed by atoms with Gasteiger partial charge in [-0.1, -0.05) is 89.9 Å². The molecule has 3 aromatic rings. The lowest BCUT2D eigenvalue weighted by molar-refractivity contribution is -0.129. The van der Waals surface area contributed by atoms with Gasteiger partial charge >= 0.3 is 0 Å². The Morgan fingerprint density at radius 1 is 1.00 bits per heavy atom. The first kappa shape index (κ1) is 27.7. The van der Waals surface area contributed by atoms with Crippen LogP contribution in [0.15, 0.2) is 78.9 Å². The average Bonchev–Trinajstić information content (AvgIpc) is 2.88. The number of ether oxygens (including phenoxy) is 1. The molecule has 0 amide bonds. The summed E-state index contributed by atoms with van der Waals surface area (Å²) in [4.78, 5) is 13.6. The molecule has 0 aliphatic carbocycles. The summed E-state index contributed by atoms with van der Waals surface area (Å²) in [7, 11) is 0. The number of carbonyl (C=O) groups excluding carboxylic acids is 1. The van der Waals surface area contributed by atoms with Gasteiger partial charge in [-0.3, -0.25) is 4.79 Å². The predicted molar refractivity (Wildman–Crippen MR) is 146 cm³/mol. The summed E-state index contributed by atoms with van der Waals surface area (Å²) in [5.74, 6) is 0.237. The number of hydrogen-bond donors (Lipinski definition) is 2.